The standard InChI is InChI=1S/C14H12ClNO4/c15-11-4-2-1-3-9(11)5-6-16-7-10(14(19)20)13(18)12(17)8-16/h1-4,7-8,17H,5-6H2,(H,19,20). The molecular weight excluding hydrogens is 282 g/mol. The second-order valence-corrected chi connectivity index (χ2v) is 4.68. The lowest BCUT2D eigenvalue weighted by molar-refractivity contribution is 0.0694. The van der Waals surface area contributed by atoms with Gasteiger partial charge in [-0.3, -0.25) is 4.79 Å². The van der Waals surface area contributed by atoms with Crippen LogP contribution >= 0.6 is 11.6 Å². The molecule has 2 rings (SSSR count). The smallest absolute Gasteiger partial charge is 0.341 e. The number of rotatable bonds is 4. The summed E-state index contributed by atoms with van der Waals surface area (Å²) in [5.41, 5.74) is -0.431. The van der Waals surface area contributed by atoms with E-state index in [-0.39, 0.29) is 0 Å². The van der Waals surface area contributed by atoms with Crippen molar-refractivity contribution in [3.8, 4) is 5.75 Å². The molecule has 1 aromatic carbocycles. The minimum atomic E-state index is -1.36. The molecule has 0 unspecified atom stereocenters. The highest BCUT2D eigenvalue weighted by atomic mass is 35.5. The highest BCUT2D eigenvalue weighted by Crippen LogP contribution is 2.16. The second kappa shape index (κ2) is 5.79. The van der Waals surface area contributed by atoms with Gasteiger partial charge in [0.2, 0.25) is 5.43 Å². The molecule has 0 bridgehead atoms. The monoisotopic (exact) mass is 293 g/mol. The minimum Gasteiger partial charge on any atom is -0.503 e. The Morgan fingerprint density at radius 1 is 1.25 bits per heavy atom. The van der Waals surface area contributed by atoms with E-state index in [0.29, 0.717) is 18.0 Å². The molecule has 6 heteroatoms. The zero-order chi connectivity index (χ0) is 14.7. The van der Waals surface area contributed by atoms with Gasteiger partial charge in [0.1, 0.15) is 5.56 Å². The van der Waals surface area contributed by atoms with Crippen LogP contribution in [0, 0.1) is 0 Å². The number of carboxylic acids is 1. The molecule has 0 fully saturated rings. The molecule has 0 saturated carbocycles. The quantitative estimate of drug-likeness (QED) is 0.905. The summed E-state index contributed by atoms with van der Waals surface area (Å²) in [6.07, 6.45) is 2.98. The molecule has 5 nitrogen and oxygen atoms in total. The predicted octanol–water partition coefficient (Wildman–Crippen LogP) is 2.15. The highest BCUT2D eigenvalue weighted by Gasteiger charge is 2.13. The lowest BCUT2D eigenvalue weighted by atomic mass is 10.1. The van der Waals surface area contributed by atoms with Gasteiger partial charge in [0.05, 0.1) is 0 Å². The van der Waals surface area contributed by atoms with Crippen LogP contribution in [0.25, 0.3) is 0 Å². The van der Waals surface area contributed by atoms with E-state index < -0.39 is 22.7 Å². The molecule has 0 spiro atoms. The van der Waals surface area contributed by atoms with Crippen molar-refractivity contribution in [2.24, 2.45) is 0 Å². The van der Waals surface area contributed by atoms with Crippen molar-refractivity contribution in [3.63, 3.8) is 0 Å². The lowest BCUT2D eigenvalue weighted by Crippen LogP contribution is -2.17. The Bertz CT molecular complexity index is 709. The van der Waals surface area contributed by atoms with Gasteiger partial charge in [0.15, 0.2) is 5.75 Å². The first-order chi connectivity index (χ1) is 9.49. The van der Waals surface area contributed by atoms with Crippen molar-refractivity contribution in [1.29, 1.82) is 0 Å². The van der Waals surface area contributed by atoms with Crippen molar-refractivity contribution < 1.29 is 15.0 Å². The topological polar surface area (TPSA) is 79.5 Å². The Morgan fingerprint density at radius 2 is 1.95 bits per heavy atom. The summed E-state index contributed by atoms with van der Waals surface area (Å²) >= 11 is 6.03. The average molecular weight is 294 g/mol. The van der Waals surface area contributed by atoms with Gasteiger partial charge in [-0.1, -0.05) is 29.8 Å². The number of carbonyl (C=O) groups is 1. The van der Waals surface area contributed by atoms with Gasteiger partial charge >= 0.3 is 5.97 Å². The zero-order valence-electron chi connectivity index (χ0n) is 10.4. The lowest BCUT2D eigenvalue weighted by Gasteiger charge is -2.09. The van der Waals surface area contributed by atoms with E-state index in [4.69, 9.17) is 16.7 Å². The van der Waals surface area contributed by atoms with Crippen molar-refractivity contribution in [2.45, 2.75) is 13.0 Å². The Balaban J connectivity index is 2.25. The maximum absolute atomic E-state index is 11.4. The molecule has 2 N–H and O–H groups in total. The largest absolute Gasteiger partial charge is 0.503 e. The third-order valence-electron chi connectivity index (χ3n) is 2.89. The Hall–Kier alpha value is -2.27. The van der Waals surface area contributed by atoms with Crippen LogP contribution < -0.4 is 5.43 Å². The van der Waals surface area contributed by atoms with Gasteiger partial charge in [0.25, 0.3) is 0 Å². The molecule has 0 aliphatic carbocycles. The molecule has 20 heavy (non-hydrogen) atoms. The number of halogens is 1. The van der Waals surface area contributed by atoms with Gasteiger partial charge in [-0.15, -0.1) is 0 Å². The minimum absolute atomic E-state index is 0.401. The van der Waals surface area contributed by atoms with Gasteiger partial charge < -0.3 is 14.8 Å². The number of pyridine rings is 1. The maximum atomic E-state index is 11.4. The van der Waals surface area contributed by atoms with Gasteiger partial charge in [-0.05, 0) is 18.1 Å². The zero-order valence-corrected chi connectivity index (χ0v) is 11.2. The van der Waals surface area contributed by atoms with Crippen LogP contribution in [0.1, 0.15) is 15.9 Å². The first-order valence-electron chi connectivity index (χ1n) is 5.89. The van der Waals surface area contributed by atoms with E-state index in [0.717, 1.165) is 5.56 Å². The van der Waals surface area contributed by atoms with Crippen LogP contribution in [-0.2, 0) is 13.0 Å². The summed E-state index contributed by atoms with van der Waals surface area (Å²) in [5, 5.41) is 19.0. The summed E-state index contributed by atoms with van der Waals surface area (Å²) in [5.74, 6) is -1.94. The molecular formula is C14H12ClNO4. The van der Waals surface area contributed by atoms with Gasteiger partial charge in [0, 0.05) is 24.0 Å². The normalized spacial score (nSPS) is 10.4. The fourth-order valence-corrected chi connectivity index (χ4v) is 2.08. The van der Waals surface area contributed by atoms with Crippen molar-refractivity contribution in [3.05, 3.63) is 63.0 Å². The fraction of sp³-hybridized carbons (Fsp3) is 0.143. The number of nitrogens with zero attached hydrogens (tertiary/aromatic N) is 1. The first-order valence-corrected chi connectivity index (χ1v) is 6.26. The van der Waals surface area contributed by atoms with Gasteiger partial charge in [-0.2, -0.15) is 0 Å². The number of aryl methyl sites for hydroxylation is 2. The van der Waals surface area contributed by atoms with Crippen molar-refractivity contribution >= 4 is 17.6 Å². The van der Waals surface area contributed by atoms with Crippen LogP contribution in [-0.4, -0.2) is 20.7 Å². The molecule has 2 aromatic rings. The molecule has 0 aliphatic heterocycles. The van der Waals surface area contributed by atoms with Crippen LogP contribution in [0.2, 0.25) is 5.02 Å². The van der Waals surface area contributed by atoms with E-state index in [9.17, 15) is 14.7 Å². The molecule has 104 valence electrons. The van der Waals surface area contributed by atoms with E-state index in [1.165, 1.54) is 17.0 Å². The summed E-state index contributed by atoms with van der Waals surface area (Å²) < 4.78 is 1.46. The highest BCUT2D eigenvalue weighted by molar-refractivity contribution is 6.31. The fourth-order valence-electron chi connectivity index (χ4n) is 1.85. The number of hydrogen-bond donors (Lipinski definition) is 2. The van der Waals surface area contributed by atoms with E-state index in [1.807, 2.05) is 18.2 Å². The summed E-state index contributed by atoms with van der Waals surface area (Å²) in [6.45, 7) is 0.401. The molecule has 0 saturated heterocycles. The Labute approximate surface area is 119 Å². The first kappa shape index (κ1) is 14.1. The summed E-state index contributed by atoms with van der Waals surface area (Å²) in [6, 6.07) is 7.30. The van der Waals surface area contributed by atoms with E-state index in [1.54, 1.807) is 6.07 Å². The third kappa shape index (κ3) is 3.00. The van der Waals surface area contributed by atoms with Crippen molar-refractivity contribution in [2.75, 3.05) is 0 Å². The molecule has 0 aliphatic rings. The number of aromatic hydroxyl groups is 1. The van der Waals surface area contributed by atoms with E-state index >= 15 is 0 Å². The Kier molecular flexibility index (Phi) is 4.10. The number of aromatic nitrogens is 1. The molecule has 0 amide bonds. The second-order valence-electron chi connectivity index (χ2n) is 4.27. The number of benzene rings is 1. The molecule has 1 aromatic heterocycles. The van der Waals surface area contributed by atoms with Crippen LogP contribution in [0.3, 0.4) is 0 Å². The molecule has 0 atom stereocenters. The van der Waals surface area contributed by atoms with Crippen LogP contribution in [0.5, 0.6) is 5.75 Å². The van der Waals surface area contributed by atoms with Crippen LogP contribution in [0.4, 0.5) is 0 Å². The molecule has 1 heterocycles. The van der Waals surface area contributed by atoms with Gasteiger partial charge in [-0.25, -0.2) is 4.79 Å². The van der Waals surface area contributed by atoms with E-state index in [2.05, 4.69) is 0 Å². The summed E-state index contributed by atoms with van der Waals surface area (Å²) in [7, 11) is 0. The van der Waals surface area contributed by atoms with Crippen LogP contribution in [0.15, 0.2) is 41.5 Å². The number of carboxylic acid groups (broad SMARTS) is 1. The summed E-state index contributed by atoms with van der Waals surface area (Å²) in [4.78, 5) is 22.3. The predicted molar refractivity (Wildman–Crippen MR) is 74.5 cm³/mol. The molecule has 0 radical (unpaired) electrons. The maximum Gasteiger partial charge on any atom is 0.341 e. The average Bonchev–Trinajstić information content (AvgIpc) is 2.41. The number of hydrogen-bond acceptors (Lipinski definition) is 3. The van der Waals surface area contributed by atoms with Crippen molar-refractivity contribution in [1.82, 2.24) is 4.57 Å². The third-order valence-corrected chi connectivity index (χ3v) is 3.26. The SMILES string of the molecule is O=C(O)c1cn(CCc2ccccc2Cl)cc(O)c1=O. The number of aromatic carboxylic acids is 1. The Morgan fingerprint density at radius 3 is 2.60 bits per heavy atom.